The summed E-state index contributed by atoms with van der Waals surface area (Å²) in [6.07, 6.45) is 17.5. The number of aromatic nitrogens is 9. The van der Waals surface area contributed by atoms with Gasteiger partial charge in [-0.25, -0.2) is 28.5 Å². The Balaban J connectivity index is 0.000000119. The average Bonchev–Trinajstić information content (AvgIpc) is 1.58. The van der Waals surface area contributed by atoms with Crippen molar-refractivity contribution < 1.29 is 14.2 Å². The number of hydrogen-bond acceptors (Lipinski definition) is 17. The summed E-state index contributed by atoms with van der Waals surface area (Å²) in [4.78, 5) is 29.9. The molecule has 7 aliphatic rings. The molecular formula is C70H87N17O3. The number of piperazine rings is 2. The second kappa shape index (κ2) is 24.6. The molecule has 1 saturated carbocycles. The SMILES string of the molecule is C=CCN1C[C@H]2COc3ccc(C)c(c3)-c3cnn4ccc(nc34)NCCN2CC1(C)C.Cc1ccc2cc1-c1cnn3ccc(nc13)N(C)C1CCN(CCO2)C1.Cc1ccc2cc1-c1cnn3ccc(nc13)NCCN1CC(C)(C)N(C3CC3)C[C@H]1CO2. The number of anilines is 3. The van der Waals surface area contributed by atoms with Gasteiger partial charge in [0.05, 0.1) is 30.7 Å². The normalized spacial score (nSPS) is 22.6. The highest BCUT2D eigenvalue weighted by atomic mass is 16.5. The number of benzene rings is 3. The molecule has 6 aromatic heterocycles. The van der Waals surface area contributed by atoms with E-state index in [0.717, 1.165) is 176 Å². The number of rotatable bonds is 3. The van der Waals surface area contributed by atoms with Gasteiger partial charge in [-0.15, -0.1) is 6.58 Å². The minimum absolute atomic E-state index is 0.0802. The van der Waals surface area contributed by atoms with Crippen molar-refractivity contribution in [1.82, 2.24) is 68.3 Å². The first-order valence-electron chi connectivity index (χ1n) is 32.4. The minimum Gasteiger partial charge on any atom is -0.492 e. The summed E-state index contributed by atoms with van der Waals surface area (Å²) in [6, 6.07) is 26.9. The van der Waals surface area contributed by atoms with Gasteiger partial charge in [-0.2, -0.15) is 15.3 Å². The van der Waals surface area contributed by atoms with Crippen LogP contribution in [0.5, 0.6) is 17.2 Å². The fourth-order valence-corrected chi connectivity index (χ4v) is 14.4. The highest BCUT2D eigenvalue weighted by Crippen LogP contribution is 2.39. The lowest BCUT2D eigenvalue weighted by Crippen LogP contribution is -2.65. The summed E-state index contributed by atoms with van der Waals surface area (Å²) in [6.45, 7) is 33.4. The van der Waals surface area contributed by atoms with Crippen molar-refractivity contribution in [3.8, 4) is 50.6 Å². The molecular weight excluding hydrogens is 1130 g/mol. The fourth-order valence-electron chi connectivity index (χ4n) is 14.4. The van der Waals surface area contributed by atoms with Crippen LogP contribution in [0.4, 0.5) is 17.5 Å². The van der Waals surface area contributed by atoms with Crippen LogP contribution in [0.15, 0.2) is 123 Å². The number of nitrogens with zero attached hydrogens (tertiary/aromatic N) is 15. The van der Waals surface area contributed by atoms with Crippen molar-refractivity contribution in [2.45, 2.75) is 103 Å². The van der Waals surface area contributed by atoms with E-state index < -0.39 is 0 Å². The van der Waals surface area contributed by atoms with E-state index in [1.165, 1.54) is 29.5 Å². The van der Waals surface area contributed by atoms with Gasteiger partial charge in [0, 0.05) is 144 Å². The van der Waals surface area contributed by atoms with Crippen LogP contribution < -0.4 is 29.7 Å². The van der Waals surface area contributed by atoms with E-state index in [1.54, 1.807) is 0 Å². The smallest absolute Gasteiger partial charge is 0.165 e. The van der Waals surface area contributed by atoms with Gasteiger partial charge in [-0.3, -0.25) is 24.5 Å². The second-order valence-electron chi connectivity index (χ2n) is 26.9. The van der Waals surface area contributed by atoms with Crippen LogP contribution in [-0.2, 0) is 0 Å². The molecule has 14 bridgehead atoms. The Labute approximate surface area is 528 Å². The number of hydrogen-bond donors (Lipinski definition) is 2. The van der Waals surface area contributed by atoms with Crippen LogP contribution >= 0.6 is 0 Å². The number of fused-ring (bicyclic) bond motifs is 16. The lowest BCUT2D eigenvalue weighted by molar-refractivity contribution is -0.0341. The standard InChI is InChI=1S/2C25H32N6O.C20H23N5O/c1-17-4-7-20-12-21(17)22-13-27-31-10-8-23(28-24(22)31)26-9-11-29-16-25(2,3)30(18-5-6-18)14-19(29)15-32-20;1-5-10-30-15-19-16-32-20-7-6-18(2)21(13-20)22-14-27-31-11-8-23(28-24(22)31)26-9-12-29(19)17-25(30,3)4;1-14-3-4-16-11-17(14)18-12-21-25-8-6-19(22-20(18)25)23(2)15-5-7-24(13-15)9-10-26-16/h4,7-8,10,12-13,18-19H,5-6,9,11,14-16H2,1-3H3,(H,26,28);5-8,11,13-14,19H,1,9-10,12,15-17H2,2-4H3,(H,26,28);3-4,6,8,11-12,15H,5,7,9-10,13H2,1-2H3/t2*19-;/m00./s1. The van der Waals surface area contributed by atoms with Crippen LogP contribution in [0.3, 0.4) is 0 Å². The Morgan fingerprint density at radius 1 is 0.533 bits per heavy atom. The first kappa shape index (κ1) is 59.5. The summed E-state index contributed by atoms with van der Waals surface area (Å²) in [5.74, 6) is 5.49. The monoisotopic (exact) mass is 1210 g/mol. The molecule has 470 valence electrons. The van der Waals surface area contributed by atoms with Crippen molar-refractivity contribution in [3.05, 3.63) is 139 Å². The van der Waals surface area contributed by atoms with E-state index in [2.05, 4.69) is 178 Å². The predicted molar refractivity (Wildman–Crippen MR) is 357 cm³/mol. The zero-order valence-corrected chi connectivity index (χ0v) is 53.6. The first-order chi connectivity index (χ1) is 43.6. The average molecular weight is 1210 g/mol. The Kier molecular flexibility index (Phi) is 16.2. The Morgan fingerprint density at radius 2 is 1.03 bits per heavy atom. The highest BCUT2D eigenvalue weighted by Gasteiger charge is 2.45. The second-order valence-corrected chi connectivity index (χ2v) is 26.9. The maximum atomic E-state index is 6.42. The quantitative estimate of drug-likeness (QED) is 0.161. The largest absolute Gasteiger partial charge is 0.492 e. The molecule has 12 heterocycles. The van der Waals surface area contributed by atoms with Gasteiger partial charge in [0.15, 0.2) is 16.9 Å². The lowest BCUT2D eigenvalue weighted by Gasteiger charge is -2.51. The van der Waals surface area contributed by atoms with Gasteiger partial charge in [0.25, 0.3) is 0 Å². The van der Waals surface area contributed by atoms with Crippen LogP contribution in [0, 0.1) is 20.8 Å². The van der Waals surface area contributed by atoms with E-state index in [0.29, 0.717) is 37.9 Å². The number of nitrogens with one attached hydrogen (secondary N) is 2. The summed E-state index contributed by atoms with van der Waals surface area (Å²) in [5, 5.41) is 20.6. The molecule has 16 rings (SSSR count). The van der Waals surface area contributed by atoms with Gasteiger partial charge in [0.1, 0.15) is 54.5 Å². The van der Waals surface area contributed by atoms with Crippen molar-refractivity contribution in [2.75, 3.05) is 121 Å². The fraction of sp³-hybridized carbons (Fsp3) is 0.457. The third-order valence-corrected chi connectivity index (χ3v) is 19.7. The van der Waals surface area contributed by atoms with E-state index in [1.807, 2.05) is 68.9 Å². The molecule has 0 spiro atoms. The van der Waals surface area contributed by atoms with Gasteiger partial charge in [-0.1, -0.05) is 24.3 Å². The van der Waals surface area contributed by atoms with Crippen molar-refractivity contribution in [2.24, 2.45) is 0 Å². The summed E-state index contributed by atoms with van der Waals surface area (Å²) < 4.78 is 24.4. The van der Waals surface area contributed by atoms with E-state index in [9.17, 15) is 0 Å². The molecule has 20 heteroatoms. The van der Waals surface area contributed by atoms with Gasteiger partial charge in [-0.05, 0) is 156 Å². The minimum atomic E-state index is 0.0802. The maximum absolute atomic E-state index is 6.42. The molecule has 0 radical (unpaired) electrons. The summed E-state index contributed by atoms with van der Waals surface area (Å²) >= 11 is 0. The predicted octanol–water partition coefficient (Wildman–Crippen LogP) is 9.50. The summed E-state index contributed by atoms with van der Waals surface area (Å²) in [7, 11) is 2.15. The van der Waals surface area contributed by atoms with Crippen molar-refractivity contribution in [3.63, 3.8) is 0 Å². The Hall–Kier alpha value is -8.14. The number of ether oxygens (including phenoxy) is 3. The number of aryl methyl sites for hydroxylation is 3. The topological polar surface area (TPSA) is 162 Å². The first-order valence-corrected chi connectivity index (χ1v) is 32.4. The Morgan fingerprint density at radius 3 is 1.57 bits per heavy atom. The van der Waals surface area contributed by atoms with E-state index in [-0.39, 0.29) is 11.1 Å². The molecule has 90 heavy (non-hydrogen) atoms. The molecule has 0 amide bonds. The zero-order chi connectivity index (χ0) is 61.8. The van der Waals surface area contributed by atoms with E-state index in [4.69, 9.17) is 29.2 Å². The molecule has 6 aliphatic heterocycles. The van der Waals surface area contributed by atoms with Crippen LogP contribution in [-0.4, -0.2) is 209 Å². The van der Waals surface area contributed by atoms with Crippen molar-refractivity contribution in [1.29, 1.82) is 0 Å². The van der Waals surface area contributed by atoms with Crippen LogP contribution in [0.25, 0.3) is 50.3 Å². The zero-order valence-electron chi connectivity index (χ0n) is 53.6. The van der Waals surface area contributed by atoms with E-state index >= 15 is 0 Å². The highest BCUT2D eigenvalue weighted by molar-refractivity contribution is 5.83. The van der Waals surface area contributed by atoms with Crippen LogP contribution in [0.1, 0.15) is 63.6 Å². The molecule has 20 nitrogen and oxygen atoms in total. The van der Waals surface area contributed by atoms with Crippen molar-refractivity contribution >= 4 is 34.4 Å². The van der Waals surface area contributed by atoms with Gasteiger partial charge >= 0.3 is 0 Å². The molecule has 2 unspecified atom stereocenters. The molecule has 9 aromatic rings. The molecule has 1 aliphatic carbocycles. The van der Waals surface area contributed by atoms with Gasteiger partial charge in [0.2, 0.25) is 0 Å². The summed E-state index contributed by atoms with van der Waals surface area (Å²) in [5.41, 5.74) is 12.9. The molecule has 4 atom stereocenters. The maximum Gasteiger partial charge on any atom is 0.165 e. The van der Waals surface area contributed by atoms with Crippen LogP contribution in [0.2, 0.25) is 0 Å². The third kappa shape index (κ3) is 12.2. The Bertz CT molecular complexity index is 4070. The molecule has 3 saturated heterocycles. The lowest BCUT2D eigenvalue weighted by atomic mass is 9.95. The molecule has 3 aromatic carbocycles. The number of likely N-dealkylation sites (N-methyl/N-ethyl adjacent to an activating group) is 1. The molecule has 2 N–H and O–H groups in total. The van der Waals surface area contributed by atoms with Gasteiger partial charge < -0.3 is 29.7 Å². The molecule has 4 fully saturated rings. The third-order valence-electron chi connectivity index (χ3n) is 19.7.